The predicted molar refractivity (Wildman–Crippen MR) is 91.5 cm³/mol. The van der Waals surface area contributed by atoms with Gasteiger partial charge in [-0.3, -0.25) is 14.7 Å². The minimum Gasteiger partial charge on any atom is -0.349 e. The lowest BCUT2D eigenvalue weighted by Crippen LogP contribution is -2.44. The Morgan fingerprint density at radius 2 is 1.96 bits per heavy atom. The molecule has 1 amide bonds. The molecule has 1 saturated heterocycles. The van der Waals surface area contributed by atoms with Crippen LogP contribution in [0.15, 0.2) is 48.8 Å². The largest absolute Gasteiger partial charge is 0.349 e. The molecule has 0 saturated carbocycles. The van der Waals surface area contributed by atoms with E-state index in [1.807, 2.05) is 18.2 Å². The van der Waals surface area contributed by atoms with Crippen LogP contribution in [-0.2, 0) is 6.54 Å². The smallest absolute Gasteiger partial charge is 0.251 e. The van der Waals surface area contributed by atoms with Gasteiger partial charge in [-0.1, -0.05) is 23.7 Å². The minimum atomic E-state index is -0.0132. The number of amides is 1. The molecule has 2 heterocycles. The Labute approximate surface area is 141 Å². The van der Waals surface area contributed by atoms with Gasteiger partial charge in [-0.15, -0.1) is 0 Å². The molecule has 5 heteroatoms. The van der Waals surface area contributed by atoms with E-state index >= 15 is 0 Å². The van der Waals surface area contributed by atoms with E-state index in [4.69, 9.17) is 11.6 Å². The predicted octanol–water partition coefficient (Wildman–Crippen LogP) is 3.13. The molecule has 120 valence electrons. The molecule has 0 unspecified atom stereocenters. The van der Waals surface area contributed by atoms with Gasteiger partial charge in [-0.25, -0.2) is 0 Å². The third-order valence-corrected chi connectivity index (χ3v) is 4.40. The van der Waals surface area contributed by atoms with Gasteiger partial charge in [0.1, 0.15) is 0 Å². The Morgan fingerprint density at radius 3 is 2.65 bits per heavy atom. The fourth-order valence-corrected chi connectivity index (χ4v) is 3.11. The van der Waals surface area contributed by atoms with Crippen molar-refractivity contribution in [3.8, 4) is 0 Å². The van der Waals surface area contributed by atoms with Crippen molar-refractivity contribution in [2.75, 3.05) is 13.1 Å². The van der Waals surface area contributed by atoms with Crippen molar-refractivity contribution in [3.63, 3.8) is 0 Å². The van der Waals surface area contributed by atoms with Crippen molar-refractivity contribution in [1.29, 1.82) is 0 Å². The zero-order valence-electron chi connectivity index (χ0n) is 12.9. The second kappa shape index (κ2) is 7.57. The first-order valence-electron chi connectivity index (χ1n) is 7.88. The van der Waals surface area contributed by atoms with E-state index in [1.54, 1.807) is 24.5 Å². The average Bonchev–Trinajstić information content (AvgIpc) is 2.57. The summed E-state index contributed by atoms with van der Waals surface area (Å²) < 4.78 is 0. The molecule has 1 aliphatic rings. The van der Waals surface area contributed by atoms with Crippen molar-refractivity contribution in [1.82, 2.24) is 15.2 Å². The molecule has 1 fully saturated rings. The zero-order chi connectivity index (χ0) is 16.1. The fraction of sp³-hybridized carbons (Fsp3) is 0.333. The molecule has 3 rings (SSSR count). The molecular formula is C18H20ClN3O. The molecule has 1 aliphatic heterocycles. The Kier molecular flexibility index (Phi) is 5.26. The van der Waals surface area contributed by atoms with Crippen molar-refractivity contribution in [2.24, 2.45) is 0 Å². The van der Waals surface area contributed by atoms with Crippen molar-refractivity contribution in [2.45, 2.75) is 25.4 Å². The van der Waals surface area contributed by atoms with Crippen molar-refractivity contribution < 1.29 is 4.79 Å². The van der Waals surface area contributed by atoms with Crippen LogP contribution in [0.2, 0.25) is 5.02 Å². The van der Waals surface area contributed by atoms with Crippen molar-refractivity contribution in [3.05, 3.63) is 64.9 Å². The van der Waals surface area contributed by atoms with E-state index in [0.717, 1.165) is 37.5 Å². The lowest BCUT2D eigenvalue weighted by molar-refractivity contribution is 0.0909. The molecular weight excluding hydrogens is 310 g/mol. The maximum atomic E-state index is 12.2. The highest BCUT2D eigenvalue weighted by Crippen LogP contribution is 2.17. The number of likely N-dealkylation sites (tertiary alicyclic amines) is 1. The number of benzene rings is 1. The molecule has 0 bridgehead atoms. The first kappa shape index (κ1) is 16.0. The van der Waals surface area contributed by atoms with Crippen LogP contribution in [0.3, 0.4) is 0 Å². The van der Waals surface area contributed by atoms with Crippen LogP contribution in [0, 0.1) is 0 Å². The van der Waals surface area contributed by atoms with Gasteiger partial charge in [-0.05, 0) is 42.7 Å². The number of hydrogen-bond donors (Lipinski definition) is 1. The summed E-state index contributed by atoms with van der Waals surface area (Å²) >= 11 is 6.03. The number of nitrogens with one attached hydrogen (secondary N) is 1. The summed E-state index contributed by atoms with van der Waals surface area (Å²) in [5, 5.41) is 3.89. The van der Waals surface area contributed by atoms with E-state index in [2.05, 4.69) is 21.3 Å². The Balaban J connectivity index is 1.48. The number of hydrogen-bond acceptors (Lipinski definition) is 3. The molecule has 1 aromatic carbocycles. The fourth-order valence-electron chi connectivity index (χ4n) is 2.90. The summed E-state index contributed by atoms with van der Waals surface area (Å²) in [7, 11) is 0. The normalized spacial score (nSPS) is 16.2. The molecule has 1 aromatic heterocycles. The van der Waals surface area contributed by atoms with E-state index in [0.29, 0.717) is 5.56 Å². The number of carbonyl (C=O) groups excluding carboxylic acids is 1. The third kappa shape index (κ3) is 4.53. The zero-order valence-corrected chi connectivity index (χ0v) is 13.7. The van der Waals surface area contributed by atoms with Crippen LogP contribution >= 0.6 is 11.6 Å². The molecule has 0 atom stereocenters. The number of aromatic nitrogens is 1. The molecule has 0 aliphatic carbocycles. The van der Waals surface area contributed by atoms with E-state index in [9.17, 15) is 4.79 Å². The highest BCUT2D eigenvalue weighted by atomic mass is 35.5. The van der Waals surface area contributed by atoms with Crippen LogP contribution in [0.1, 0.15) is 28.8 Å². The van der Waals surface area contributed by atoms with E-state index in [-0.39, 0.29) is 11.9 Å². The molecule has 23 heavy (non-hydrogen) atoms. The van der Waals surface area contributed by atoms with Crippen LogP contribution in [-0.4, -0.2) is 34.9 Å². The van der Waals surface area contributed by atoms with Gasteiger partial charge in [0.2, 0.25) is 0 Å². The minimum absolute atomic E-state index is 0.0132. The van der Waals surface area contributed by atoms with Crippen molar-refractivity contribution >= 4 is 17.5 Å². The monoisotopic (exact) mass is 329 g/mol. The topological polar surface area (TPSA) is 45.2 Å². The van der Waals surface area contributed by atoms with Gasteiger partial charge in [0.25, 0.3) is 5.91 Å². The van der Waals surface area contributed by atoms with E-state index in [1.165, 1.54) is 5.56 Å². The highest BCUT2D eigenvalue weighted by Gasteiger charge is 2.21. The lowest BCUT2D eigenvalue weighted by atomic mass is 10.0. The van der Waals surface area contributed by atoms with Gasteiger partial charge in [0.15, 0.2) is 0 Å². The van der Waals surface area contributed by atoms with Gasteiger partial charge in [0.05, 0.1) is 0 Å². The Morgan fingerprint density at radius 1 is 1.22 bits per heavy atom. The molecule has 1 N–H and O–H groups in total. The number of carbonyl (C=O) groups is 1. The average molecular weight is 330 g/mol. The summed E-state index contributed by atoms with van der Waals surface area (Å²) in [4.78, 5) is 18.5. The molecule has 0 spiro atoms. The Bertz CT molecular complexity index is 654. The second-order valence-corrected chi connectivity index (χ2v) is 6.33. The third-order valence-electron chi connectivity index (χ3n) is 4.16. The maximum absolute atomic E-state index is 12.2. The quantitative estimate of drug-likeness (QED) is 0.937. The molecule has 0 radical (unpaired) electrons. The van der Waals surface area contributed by atoms with Gasteiger partial charge in [-0.2, -0.15) is 0 Å². The summed E-state index contributed by atoms with van der Waals surface area (Å²) in [5.74, 6) is -0.0132. The first-order valence-corrected chi connectivity index (χ1v) is 8.26. The SMILES string of the molecule is O=C(NC1CCN(Cc2cccc(Cl)c2)CC1)c1ccncc1. The summed E-state index contributed by atoms with van der Waals surface area (Å²) in [6, 6.07) is 11.7. The number of piperidine rings is 1. The van der Waals surface area contributed by atoms with Crippen LogP contribution in [0.25, 0.3) is 0 Å². The van der Waals surface area contributed by atoms with Gasteiger partial charge < -0.3 is 5.32 Å². The summed E-state index contributed by atoms with van der Waals surface area (Å²) in [6.45, 7) is 2.87. The summed E-state index contributed by atoms with van der Waals surface area (Å²) in [5.41, 5.74) is 1.90. The molecule has 2 aromatic rings. The second-order valence-electron chi connectivity index (χ2n) is 5.89. The van der Waals surface area contributed by atoms with E-state index < -0.39 is 0 Å². The number of nitrogens with zero attached hydrogens (tertiary/aromatic N) is 2. The van der Waals surface area contributed by atoms with Crippen LogP contribution < -0.4 is 5.32 Å². The molecule has 4 nitrogen and oxygen atoms in total. The number of rotatable bonds is 4. The van der Waals surface area contributed by atoms with Crippen LogP contribution in [0.4, 0.5) is 0 Å². The Hall–Kier alpha value is -1.91. The van der Waals surface area contributed by atoms with Crippen LogP contribution in [0.5, 0.6) is 0 Å². The summed E-state index contributed by atoms with van der Waals surface area (Å²) in [6.07, 6.45) is 5.22. The highest BCUT2D eigenvalue weighted by molar-refractivity contribution is 6.30. The lowest BCUT2D eigenvalue weighted by Gasteiger charge is -2.32. The standard InChI is InChI=1S/C18H20ClN3O/c19-16-3-1-2-14(12-16)13-22-10-6-17(7-11-22)21-18(23)15-4-8-20-9-5-15/h1-5,8-9,12,17H,6-7,10-11,13H2,(H,21,23). The van der Waals surface area contributed by atoms with Gasteiger partial charge >= 0.3 is 0 Å². The maximum Gasteiger partial charge on any atom is 0.251 e. The van der Waals surface area contributed by atoms with Gasteiger partial charge in [0, 0.05) is 48.7 Å². The number of pyridine rings is 1. The first-order chi connectivity index (χ1) is 11.2. The number of halogens is 1.